The molecule has 0 radical (unpaired) electrons. The SMILES string of the molecule is CCc1ccc2c(c1)c(CC(=O)OC)cn2C. The Bertz CT molecular complexity index is 555. The molecule has 0 unspecified atom stereocenters. The molecule has 2 aromatic rings. The molecule has 0 atom stereocenters. The first-order valence-electron chi connectivity index (χ1n) is 5.79. The van der Waals surface area contributed by atoms with Gasteiger partial charge in [-0.25, -0.2) is 0 Å². The van der Waals surface area contributed by atoms with Crippen molar-refractivity contribution in [3.63, 3.8) is 0 Å². The number of carbonyl (C=O) groups is 1. The lowest BCUT2D eigenvalue weighted by Gasteiger charge is -2.01. The Morgan fingerprint density at radius 2 is 2.18 bits per heavy atom. The van der Waals surface area contributed by atoms with Crippen molar-refractivity contribution in [3.05, 3.63) is 35.5 Å². The van der Waals surface area contributed by atoms with Crippen molar-refractivity contribution in [3.8, 4) is 0 Å². The minimum absolute atomic E-state index is 0.195. The maximum Gasteiger partial charge on any atom is 0.310 e. The molecule has 1 heterocycles. The smallest absolute Gasteiger partial charge is 0.310 e. The van der Waals surface area contributed by atoms with Crippen LogP contribution in [0.1, 0.15) is 18.1 Å². The summed E-state index contributed by atoms with van der Waals surface area (Å²) < 4.78 is 6.77. The number of carbonyl (C=O) groups excluding carboxylic acids is 1. The Morgan fingerprint density at radius 1 is 1.41 bits per heavy atom. The number of fused-ring (bicyclic) bond motifs is 1. The van der Waals surface area contributed by atoms with Gasteiger partial charge >= 0.3 is 5.97 Å². The van der Waals surface area contributed by atoms with E-state index in [0.717, 1.165) is 22.9 Å². The Hall–Kier alpha value is -1.77. The quantitative estimate of drug-likeness (QED) is 0.760. The fourth-order valence-electron chi connectivity index (χ4n) is 2.11. The molecule has 3 nitrogen and oxygen atoms in total. The standard InChI is InChI=1S/C14H17NO2/c1-4-10-5-6-13-12(7-10)11(9-15(13)2)8-14(16)17-3/h5-7,9H,4,8H2,1-3H3. The summed E-state index contributed by atoms with van der Waals surface area (Å²) in [6.45, 7) is 2.13. The van der Waals surface area contributed by atoms with Gasteiger partial charge in [0.15, 0.2) is 0 Å². The van der Waals surface area contributed by atoms with Crippen LogP contribution in [0.5, 0.6) is 0 Å². The van der Waals surface area contributed by atoms with E-state index in [1.807, 2.05) is 17.8 Å². The molecule has 0 N–H and O–H groups in total. The van der Waals surface area contributed by atoms with Crippen LogP contribution in [0.3, 0.4) is 0 Å². The van der Waals surface area contributed by atoms with Gasteiger partial charge in [-0.05, 0) is 29.7 Å². The molecule has 1 aromatic carbocycles. The largest absolute Gasteiger partial charge is 0.469 e. The van der Waals surface area contributed by atoms with Gasteiger partial charge < -0.3 is 9.30 Å². The highest BCUT2D eigenvalue weighted by Gasteiger charge is 2.11. The minimum atomic E-state index is -0.195. The van der Waals surface area contributed by atoms with E-state index in [4.69, 9.17) is 4.74 Å². The van der Waals surface area contributed by atoms with Crippen LogP contribution < -0.4 is 0 Å². The second-order valence-electron chi connectivity index (χ2n) is 4.22. The highest BCUT2D eigenvalue weighted by atomic mass is 16.5. The maximum atomic E-state index is 11.4. The van der Waals surface area contributed by atoms with Crippen molar-refractivity contribution in [2.75, 3.05) is 7.11 Å². The number of methoxy groups -OCH3 is 1. The fourth-order valence-corrected chi connectivity index (χ4v) is 2.11. The van der Waals surface area contributed by atoms with Gasteiger partial charge in [-0.1, -0.05) is 13.0 Å². The van der Waals surface area contributed by atoms with Crippen molar-refractivity contribution in [1.29, 1.82) is 0 Å². The molecule has 3 heteroatoms. The predicted octanol–water partition coefficient (Wildman–Crippen LogP) is 2.46. The molecular weight excluding hydrogens is 214 g/mol. The van der Waals surface area contributed by atoms with Crippen molar-refractivity contribution in [2.45, 2.75) is 19.8 Å². The summed E-state index contributed by atoms with van der Waals surface area (Å²) in [5.41, 5.74) is 3.47. The second kappa shape index (κ2) is 4.62. The van der Waals surface area contributed by atoms with Crippen LogP contribution in [-0.4, -0.2) is 17.6 Å². The van der Waals surface area contributed by atoms with Crippen molar-refractivity contribution in [1.82, 2.24) is 4.57 Å². The highest BCUT2D eigenvalue weighted by molar-refractivity contribution is 5.88. The van der Waals surface area contributed by atoms with E-state index in [9.17, 15) is 4.79 Å². The van der Waals surface area contributed by atoms with E-state index >= 15 is 0 Å². The summed E-state index contributed by atoms with van der Waals surface area (Å²) in [6, 6.07) is 6.40. The average Bonchev–Trinajstić information content (AvgIpc) is 2.65. The van der Waals surface area contributed by atoms with Crippen LogP contribution in [0.25, 0.3) is 10.9 Å². The van der Waals surface area contributed by atoms with Crippen molar-refractivity contribution < 1.29 is 9.53 Å². The fraction of sp³-hybridized carbons (Fsp3) is 0.357. The zero-order chi connectivity index (χ0) is 12.4. The predicted molar refractivity (Wildman–Crippen MR) is 68.0 cm³/mol. The van der Waals surface area contributed by atoms with Gasteiger partial charge in [-0.3, -0.25) is 4.79 Å². The molecule has 0 aliphatic rings. The van der Waals surface area contributed by atoms with E-state index in [1.165, 1.54) is 12.7 Å². The van der Waals surface area contributed by atoms with Crippen LogP contribution in [0, 0.1) is 0 Å². The number of esters is 1. The van der Waals surface area contributed by atoms with Crippen LogP contribution in [0.4, 0.5) is 0 Å². The highest BCUT2D eigenvalue weighted by Crippen LogP contribution is 2.23. The first kappa shape index (κ1) is 11.7. The first-order chi connectivity index (χ1) is 8.15. The molecule has 0 saturated heterocycles. The number of ether oxygens (including phenoxy) is 1. The van der Waals surface area contributed by atoms with Gasteiger partial charge in [0.2, 0.25) is 0 Å². The van der Waals surface area contributed by atoms with E-state index in [2.05, 4.69) is 25.1 Å². The van der Waals surface area contributed by atoms with Gasteiger partial charge in [0.05, 0.1) is 13.5 Å². The number of benzene rings is 1. The molecule has 1 aromatic heterocycles. The lowest BCUT2D eigenvalue weighted by molar-refractivity contribution is -0.139. The zero-order valence-corrected chi connectivity index (χ0v) is 10.5. The van der Waals surface area contributed by atoms with Gasteiger partial charge in [0.25, 0.3) is 0 Å². The first-order valence-corrected chi connectivity index (χ1v) is 5.79. The van der Waals surface area contributed by atoms with E-state index < -0.39 is 0 Å². The number of aromatic nitrogens is 1. The monoisotopic (exact) mass is 231 g/mol. The molecule has 0 spiro atoms. The Kier molecular flexibility index (Phi) is 3.18. The summed E-state index contributed by atoms with van der Waals surface area (Å²) in [4.78, 5) is 11.4. The minimum Gasteiger partial charge on any atom is -0.469 e. The molecule has 17 heavy (non-hydrogen) atoms. The van der Waals surface area contributed by atoms with Crippen molar-refractivity contribution in [2.24, 2.45) is 7.05 Å². The summed E-state index contributed by atoms with van der Waals surface area (Å²) in [5, 5.41) is 1.15. The normalized spacial score (nSPS) is 10.8. The second-order valence-corrected chi connectivity index (χ2v) is 4.22. The molecular formula is C14H17NO2. The molecule has 0 fully saturated rings. The summed E-state index contributed by atoms with van der Waals surface area (Å²) in [7, 11) is 3.42. The Balaban J connectivity index is 2.51. The number of rotatable bonds is 3. The van der Waals surface area contributed by atoms with Crippen LogP contribution in [0.2, 0.25) is 0 Å². The van der Waals surface area contributed by atoms with Gasteiger partial charge in [0, 0.05) is 24.1 Å². The van der Waals surface area contributed by atoms with Gasteiger partial charge in [-0.2, -0.15) is 0 Å². The molecule has 0 saturated carbocycles. The van der Waals surface area contributed by atoms with E-state index in [-0.39, 0.29) is 5.97 Å². The topological polar surface area (TPSA) is 31.2 Å². The van der Waals surface area contributed by atoms with Crippen molar-refractivity contribution >= 4 is 16.9 Å². The molecule has 0 aliphatic heterocycles. The van der Waals surface area contributed by atoms with E-state index in [0.29, 0.717) is 6.42 Å². The lowest BCUT2D eigenvalue weighted by atomic mass is 10.1. The third-order valence-electron chi connectivity index (χ3n) is 3.11. The molecule has 0 bridgehead atoms. The third-order valence-corrected chi connectivity index (χ3v) is 3.11. The summed E-state index contributed by atoms with van der Waals surface area (Å²) >= 11 is 0. The maximum absolute atomic E-state index is 11.4. The summed E-state index contributed by atoms with van der Waals surface area (Å²) in [5.74, 6) is -0.195. The molecule has 90 valence electrons. The molecule has 2 rings (SSSR count). The number of nitrogens with zero attached hydrogens (tertiary/aromatic N) is 1. The Labute approximate surface area is 101 Å². The molecule has 0 aliphatic carbocycles. The zero-order valence-electron chi connectivity index (χ0n) is 10.5. The van der Waals surface area contributed by atoms with Crippen LogP contribution in [-0.2, 0) is 29.4 Å². The number of hydrogen-bond donors (Lipinski definition) is 0. The summed E-state index contributed by atoms with van der Waals surface area (Å²) in [6.07, 6.45) is 3.34. The van der Waals surface area contributed by atoms with Crippen LogP contribution in [0.15, 0.2) is 24.4 Å². The lowest BCUT2D eigenvalue weighted by Crippen LogP contribution is -2.03. The van der Waals surface area contributed by atoms with E-state index in [1.54, 1.807) is 0 Å². The number of hydrogen-bond acceptors (Lipinski definition) is 2. The third kappa shape index (κ3) is 2.18. The molecule has 0 amide bonds. The van der Waals surface area contributed by atoms with Gasteiger partial charge in [-0.15, -0.1) is 0 Å². The average molecular weight is 231 g/mol. The van der Waals surface area contributed by atoms with Gasteiger partial charge in [0.1, 0.15) is 0 Å². The Morgan fingerprint density at radius 3 is 2.82 bits per heavy atom. The number of aryl methyl sites for hydroxylation is 2. The van der Waals surface area contributed by atoms with Crippen LogP contribution >= 0.6 is 0 Å².